The second-order valence-electron chi connectivity index (χ2n) is 4.89. The summed E-state index contributed by atoms with van der Waals surface area (Å²) >= 11 is 0. The first-order valence-corrected chi connectivity index (χ1v) is 7.03. The minimum atomic E-state index is -0.390. The van der Waals surface area contributed by atoms with E-state index in [1.54, 1.807) is 0 Å². The molecule has 2 aromatic rings. The predicted molar refractivity (Wildman–Crippen MR) is 87.1 cm³/mol. The Kier molecular flexibility index (Phi) is 4.01. The van der Waals surface area contributed by atoms with Gasteiger partial charge in [0.2, 0.25) is 0 Å². The predicted octanol–water partition coefficient (Wildman–Crippen LogP) is 3.01. The van der Waals surface area contributed by atoms with Crippen molar-refractivity contribution in [2.75, 3.05) is 19.0 Å². The minimum absolute atomic E-state index is 0.390. The first kappa shape index (κ1) is 14.1. The molecular formula is C18H16N2O2. The van der Waals surface area contributed by atoms with Crippen molar-refractivity contribution in [3.8, 4) is 0 Å². The van der Waals surface area contributed by atoms with E-state index < -0.39 is 5.97 Å². The Labute approximate surface area is 129 Å². The van der Waals surface area contributed by atoms with E-state index in [0.29, 0.717) is 12.2 Å². The molecule has 0 spiro atoms. The van der Waals surface area contributed by atoms with E-state index in [1.807, 2.05) is 54.6 Å². The number of aliphatic imine (C=N–C) groups is 1. The zero-order valence-electron chi connectivity index (χ0n) is 12.2. The average molecular weight is 292 g/mol. The van der Waals surface area contributed by atoms with Crippen LogP contribution in [0.15, 0.2) is 71.4 Å². The number of fused-ring (bicyclic) bond motifs is 1. The molecule has 0 fully saturated rings. The van der Waals surface area contributed by atoms with Crippen molar-refractivity contribution >= 4 is 17.4 Å². The molecule has 22 heavy (non-hydrogen) atoms. The molecule has 110 valence electrons. The number of nitrogens with zero attached hydrogens (tertiary/aromatic N) is 1. The molecule has 0 unspecified atom stereocenters. The summed E-state index contributed by atoms with van der Waals surface area (Å²) in [6.45, 7) is 0.397. The topological polar surface area (TPSA) is 50.7 Å². The third-order valence-corrected chi connectivity index (χ3v) is 3.43. The Bertz CT molecular complexity index is 749. The van der Waals surface area contributed by atoms with Crippen molar-refractivity contribution in [1.82, 2.24) is 0 Å². The number of benzene rings is 2. The Morgan fingerprint density at radius 2 is 1.86 bits per heavy atom. The molecule has 0 aliphatic carbocycles. The zero-order valence-corrected chi connectivity index (χ0v) is 12.2. The maximum Gasteiger partial charge on any atom is 0.332 e. The maximum atomic E-state index is 11.5. The van der Waals surface area contributed by atoms with Gasteiger partial charge in [-0.05, 0) is 6.07 Å². The Hall–Kier alpha value is -2.88. The highest BCUT2D eigenvalue weighted by atomic mass is 16.5. The summed E-state index contributed by atoms with van der Waals surface area (Å²) in [5.74, 6) is -0.390. The monoisotopic (exact) mass is 292 g/mol. The van der Waals surface area contributed by atoms with Crippen molar-refractivity contribution in [3.05, 3.63) is 77.5 Å². The summed E-state index contributed by atoms with van der Waals surface area (Å²) in [5, 5.41) is 3.27. The molecular weight excluding hydrogens is 276 g/mol. The maximum absolute atomic E-state index is 11.5. The van der Waals surface area contributed by atoms with E-state index in [4.69, 9.17) is 0 Å². The van der Waals surface area contributed by atoms with Gasteiger partial charge in [0.15, 0.2) is 0 Å². The fourth-order valence-electron chi connectivity index (χ4n) is 2.39. The number of carbonyl (C=O) groups excluding carboxylic acids is 1. The highest BCUT2D eigenvalue weighted by Crippen LogP contribution is 2.24. The Balaban J connectivity index is 2.08. The van der Waals surface area contributed by atoms with Crippen LogP contribution in [0.5, 0.6) is 0 Å². The molecule has 3 rings (SSSR count). The molecule has 0 saturated carbocycles. The van der Waals surface area contributed by atoms with Crippen LogP contribution in [-0.2, 0) is 9.53 Å². The summed E-state index contributed by atoms with van der Waals surface area (Å²) in [6, 6.07) is 18.0. The van der Waals surface area contributed by atoms with Crippen LogP contribution in [0.3, 0.4) is 0 Å². The standard InChI is InChI=1S/C18H16N2O2/c1-22-17(21)11-14-12-19-18(13-7-3-2-4-8-13)15-9-5-6-10-16(15)20-14/h2-11,20H,12H2,1H3/b14-11-. The van der Waals surface area contributed by atoms with Gasteiger partial charge in [-0.25, -0.2) is 4.79 Å². The Morgan fingerprint density at radius 3 is 2.64 bits per heavy atom. The van der Waals surface area contributed by atoms with Gasteiger partial charge in [0, 0.05) is 28.6 Å². The summed E-state index contributed by atoms with van der Waals surface area (Å²) in [6.07, 6.45) is 1.44. The number of carbonyl (C=O) groups is 1. The molecule has 4 nitrogen and oxygen atoms in total. The number of hydrogen-bond acceptors (Lipinski definition) is 4. The van der Waals surface area contributed by atoms with Crippen molar-refractivity contribution in [3.63, 3.8) is 0 Å². The molecule has 1 aliphatic rings. The summed E-state index contributed by atoms with van der Waals surface area (Å²) in [7, 11) is 1.36. The lowest BCUT2D eigenvalue weighted by Gasteiger charge is -2.10. The zero-order chi connectivity index (χ0) is 15.4. The molecule has 4 heteroatoms. The van der Waals surface area contributed by atoms with Crippen LogP contribution in [0.1, 0.15) is 11.1 Å². The lowest BCUT2D eigenvalue weighted by atomic mass is 10.0. The van der Waals surface area contributed by atoms with Gasteiger partial charge in [0.1, 0.15) is 0 Å². The number of para-hydroxylation sites is 1. The van der Waals surface area contributed by atoms with Crippen LogP contribution in [0.25, 0.3) is 0 Å². The number of hydrogen-bond donors (Lipinski definition) is 1. The second kappa shape index (κ2) is 6.26. The van der Waals surface area contributed by atoms with E-state index in [-0.39, 0.29) is 0 Å². The number of esters is 1. The van der Waals surface area contributed by atoms with Crippen molar-refractivity contribution in [2.45, 2.75) is 0 Å². The molecule has 0 atom stereocenters. The van der Waals surface area contributed by atoms with Gasteiger partial charge in [-0.15, -0.1) is 0 Å². The fraction of sp³-hybridized carbons (Fsp3) is 0.111. The normalized spacial score (nSPS) is 15.3. The largest absolute Gasteiger partial charge is 0.466 e. The molecule has 0 amide bonds. The van der Waals surface area contributed by atoms with Gasteiger partial charge in [0.25, 0.3) is 0 Å². The molecule has 1 aliphatic heterocycles. The molecule has 1 heterocycles. The van der Waals surface area contributed by atoms with Crippen molar-refractivity contribution < 1.29 is 9.53 Å². The van der Waals surface area contributed by atoms with E-state index in [2.05, 4.69) is 15.0 Å². The number of methoxy groups -OCH3 is 1. The molecule has 0 radical (unpaired) electrons. The van der Waals surface area contributed by atoms with Crippen LogP contribution in [0, 0.1) is 0 Å². The third kappa shape index (κ3) is 2.91. The van der Waals surface area contributed by atoms with Crippen LogP contribution >= 0.6 is 0 Å². The summed E-state index contributed by atoms with van der Waals surface area (Å²) < 4.78 is 4.69. The first-order chi connectivity index (χ1) is 10.8. The van der Waals surface area contributed by atoms with Gasteiger partial charge in [-0.3, -0.25) is 4.99 Å². The Morgan fingerprint density at radius 1 is 1.14 bits per heavy atom. The highest BCUT2D eigenvalue weighted by Gasteiger charge is 2.16. The van der Waals surface area contributed by atoms with Crippen molar-refractivity contribution in [1.29, 1.82) is 0 Å². The number of rotatable bonds is 2. The SMILES string of the molecule is COC(=O)/C=C1/CN=C(c2ccccc2)c2ccccc2N1. The van der Waals surface area contributed by atoms with Gasteiger partial charge >= 0.3 is 5.97 Å². The van der Waals surface area contributed by atoms with Gasteiger partial charge < -0.3 is 10.1 Å². The molecule has 1 N–H and O–H groups in total. The van der Waals surface area contributed by atoms with E-state index in [0.717, 1.165) is 22.5 Å². The third-order valence-electron chi connectivity index (χ3n) is 3.43. The van der Waals surface area contributed by atoms with Crippen molar-refractivity contribution in [2.24, 2.45) is 4.99 Å². The smallest absolute Gasteiger partial charge is 0.332 e. The van der Waals surface area contributed by atoms with Gasteiger partial charge in [-0.1, -0.05) is 48.5 Å². The van der Waals surface area contributed by atoms with E-state index in [1.165, 1.54) is 13.2 Å². The number of ether oxygens (including phenoxy) is 1. The number of nitrogens with one attached hydrogen (secondary N) is 1. The number of benzodiazepines with no additional fused rings is 1. The lowest BCUT2D eigenvalue weighted by molar-refractivity contribution is -0.134. The second-order valence-corrected chi connectivity index (χ2v) is 4.89. The summed E-state index contributed by atoms with van der Waals surface area (Å²) in [5.41, 5.74) is 4.62. The van der Waals surface area contributed by atoms with Gasteiger partial charge in [0.05, 0.1) is 19.4 Å². The average Bonchev–Trinajstić information content (AvgIpc) is 2.74. The minimum Gasteiger partial charge on any atom is -0.466 e. The quantitative estimate of drug-likeness (QED) is 0.684. The lowest BCUT2D eigenvalue weighted by Crippen LogP contribution is -2.06. The van der Waals surface area contributed by atoms with E-state index >= 15 is 0 Å². The summed E-state index contributed by atoms with van der Waals surface area (Å²) in [4.78, 5) is 16.2. The molecule has 0 aromatic heterocycles. The van der Waals surface area contributed by atoms with Gasteiger partial charge in [-0.2, -0.15) is 0 Å². The van der Waals surface area contributed by atoms with Crippen LogP contribution in [-0.4, -0.2) is 25.3 Å². The van der Waals surface area contributed by atoms with E-state index in [9.17, 15) is 4.79 Å². The van der Waals surface area contributed by atoms with Crippen LogP contribution in [0.4, 0.5) is 5.69 Å². The molecule has 2 aromatic carbocycles. The molecule has 0 bridgehead atoms. The molecule has 0 saturated heterocycles. The highest BCUT2D eigenvalue weighted by molar-refractivity contribution is 6.16. The first-order valence-electron chi connectivity index (χ1n) is 7.03. The van der Waals surface area contributed by atoms with Crippen LogP contribution in [0.2, 0.25) is 0 Å². The fourth-order valence-corrected chi connectivity index (χ4v) is 2.39. The van der Waals surface area contributed by atoms with Crippen LogP contribution < -0.4 is 5.32 Å². The number of anilines is 1.